The van der Waals surface area contributed by atoms with Gasteiger partial charge < -0.3 is 4.74 Å². The van der Waals surface area contributed by atoms with Crippen molar-refractivity contribution in [3.63, 3.8) is 0 Å². The molecule has 2 heteroatoms. The van der Waals surface area contributed by atoms with Gasteiger partial charge in [-0.2, -0.15) is 0 Å². The van der Waals surface area contributed by atoms with E-state index in [1.807, 2.05) is 49.4 Å². The first kappa shape index (κ1) is 12.4. The lowest BCUT2D eigenvalue weighted by atomic mass is 10.1. The average Bonchev–Trinajstić information content (AvgIpc) is 2.39. The van der Waals surface area contributed by atoms with Gasteiger partial charge in [0.25, 0.3) is 0 Å². The normalized spacial score (nSPS) is 11.4. The Labute approximate surface area is 107 Å². The summed E-state index contributed by atoms with van der Waals surface area (Å²) >= 11 is 0. The van der Waals surface area contributed by atoms with Gasteiger partial charge in [-0.1, -0.05) is 42.5 Å². The molecule has 0 aliphatic heterocycles. The summed E-state index contributed by atoms with van der Waals surface area (Å²) in [6.45, 7) is 1.89. The molecule has 0 heterocycles. The van der Waals surface area contributed by atoms with Crippen molar-refractivity contribution in [3.05, 3.63) is 65.2 Å². The molecule has 0 saturated carbocycles. The van der Waals surface area contributed by atoms with E-state index >= 15 is 0 Å². The molecule has 0 fully saturated rings. The van der Waals surface area contributed by atoms with Gasteiger partial charge in [-0.05, 0) is 24.6 Å². The molecule has 0 saturated heterocycles. The highest BCUT2D eigenvalue weighted by Crippen LogP contribution is 2.26. The molecule has 0 atom stereocenters. The molecule has 18 heavy (non-hydrogen) atoms. The van der Waals surface area contributed by atoms with Crippen molar-refractivity contribution >= 4 is 11.9 Å². The molecule has 92 valence electrons. The predicted molar refractivity (Wildman–Crippen MR) is 73.2 cm³/mol. The molecule has 2 aromatic rings. The van der Waals surface area contributed by atoms with Crippen LogP contribution in [-0.4, -0.2) is 7.11 Å². The summed E-state index contributed by atoms with van der Waals surface area (Å²) in [4.78, 5) is 0. The molecule has 0 aromatic heterocycles. The Morgan fingerprint density at radius 3 is 2.44 bits per heavy atom. The van der Waals surface area contributed by atoms with Gasteiger partial charge in [0, 0.05) is 11.1 Å². The molecule has 0 radical (unpaired) electrons. The van der Waals surface area contributed by atoms with Crippen LogP contribution in [0.3, 0.4) is 0 Å². The second kappa shape index (κ2) is 5.50. The number of halogens is 1. The van der Waals surface area contributed by atoms with Crippen molar-refractivity contribution in [2.75, 3.05) is 7.11 Å². The summed E-state index contributed by atoms with van der Waals surface area (Å²) in [5.74, 6) is 0.416. The van der Waals surface area contributed by atoms with E-state index in [2.05, 4.69) is 0 Å². The van der Waals surface area contributed by atoms with Crippen molar-refractivity contribution in [3.8, 4) is 5.75 Å². The molecule has 0 N–H and O–H groups in total. The Balaban J connectivity index is 2.42. The first-order valence-corrected chi connectivity index (χ1v) is 5.78. The summed E-state index contributed by atoms with van der Waals surface area (Å²) in [6.07, 6.45) is 1.50. The van der Waals surface area contributed by atoms with E-state index < -0.39 is 0 Å². The number of hydrogen-bond acceptors (Lipinski definition) is 1. The third kappa shape index (κ3) is 2.59. The van der Waals surface area contributed by atoms with E-state index in [-0.39, 0.29) is 5.83 Å². The maximum Gasteiger partial charge on any atom is 0.131 e. The van der Waals surface area contributed by atoms with Crippen molar-refractivity contribution < 1.29 is 9.13 Å². The highest BCUT2D eigenvalue weighted by Gasteiger charge is 2.05. The van der Waals surface area contributed by atoms with Crippen LogP contribution in [0.4, 0.5) is 4.39 Å². The molecule has 0 spiro atoms. The molecule has 0 amide bonds. The third-order valence-electron chi connectivity index (χ3n) is 2.82. The second-order valence-electron chi connectivity index (χ2n) is 4.05. The molecule has 2 aromatic carbocycles. The molecule has 2 rings (SSSR count). The lowest BCUT2D eigenvalue weighted by Gasteiger charge is -2.06. The van der Waals surface area contributed by atoms with Crippen LogP contribution in [0.2, 0.25) is 0 Å². The first-order valence-electron chi connectivity index (χ1n) is 5.78. The van der Waals surface area contributed by atoms with E-state index in [4.69, 9.17) is 4.74 Å². The summed E-state index contributed by atoms with van der Waals surface area (Å²) in [6, 6.07) is 14.8. The Morgan fingerprint density at radius 1 is 1.06 bits per heavy atom. The van der Waals surface area contributed by atoms with Crippen LogP contribution in [0.5, 0.6) is 5.75 Å². The van der Waals surface area contributed by atoms with Crippen LogP contribution in [0.25, 0.3) is 11.9 Å². The summed E-state index contributed by atoms with van der Waals surface area (Å²) in [5, 5.41) is 0. The molecular weight excluding hydrogens is 227 g/mol. The highest BCUT2D eigenvalue weighted by molar-refractivity contribution is 5.79. The zero-order chi connectivity index (χ0) is 13.0. The van der Waals surface area contributed by atoms with Crippen molar-refractivity contribution in [1.29, 1.82) is 0 Å². The van der Waals surface area contributed by atoms with Gasteiger partial charge in [-0.25, -0.2) is 4.39 Å². The fourth-order valence-electron chi connectivity index (χ4n) is 1.84. The number of benzene rings is 2. The van der Waals surface area contributed by atoms with Crippen LogP contribution in [0.15, 0.2) is 48.5 Å². The van der Waals surface area contributed by atoms with Crippen LogP contribution in [-0.2, 0) is 0 Å². The Hall–Kier alpha value is -2.09. The van der Waals surface area contributed by atoms with Crippen LogP contribution < -0.4 is 4.74 Å². The van der Waals surface area contributed by atoms with E-state index in [1.54, 1.807) is 13.2 Å². The van der Waals surface area contributed by atoms with Crippen LogP contribution >= 0.6 is 0 Å². The molecular formula is C16H15FO. The monoisotopic (exact) mass is 242 g/mol. The van der Waals surface area contributed by atoms with E-state index in [0.29, 0.717) is 11.3 Å². The fourth-order valence-corrected chi connectivity index (χ4v) is 1.84. The number of ether oxygens (including phenoxy) is 1. The number of rotatable bonds is 3. The molecule has 0 bridgehead atoms. The van der Waals surface area contributed by atoms with Gasteiger partial charge in [0.2, 0.25) is 0 Å². The topological polar surface area (TPSA) is 9.23 Å². The molecule has 0 aliphatic rings. The number of hydrogen-bond donors (Lipinski definition) is 0. The average molecular weight is 242 g/mol. The zero-order valence-corrected chi connectivity index (χ0v) is 10.5. The fraction of sp³-hybridized carbons (Fsp3) is 0.125. The minimum atomic E-state index is -0.252. The van der Waals surface area contributed by atoms with Gasteiger partial charge in [-0.15, -0.1) is 0 Å². The van der Waals surface area contributed by atoms with Gasteiger partial charge in [0.1, 0.15) is 11.6 Å². The second-order valence-corrected chi connectivity index (χ2v) is 4.05. The van der Waals surface area contributed by atoms with Gasteiger partial charge >= 0.3 is 0 Å². The maximum absolute atomic E-state index is 14.2. The lowest BCUT2D eigenvalue weighted by Crippen LogP contribution is -1.88. The lowest BCUT2D eigenvalue weighted by molar-refractivity contribution is 0.414. The van der Waals surface area contributed by atoms with E-state index in [1.165, 1.54) is 6.08 Å². The van der Waals surface area contributed by atoms with Crippen molar-refractivity contribution in [2.24, 2.45) is 0 Å². The minimum absolute atomic E-state index is 0.252. The smallest absolute Gasteiger partial charge is 0.131 e. The Morgan fingerprint density at radius 2 is 1.72 bits per heavy atom. The van der Waals surface area contributed by atoms with Gasteiger partial charge in [0.05, 0.1) is 7.11 Å². The maximum atomic E-state index is 14.2. The van der Waals surface area contributed by atoms with E-state index in [0.717, 1.165) is 11.1 Å². The summed E-state index contributed by atoms with van der Waals surface area (Å²) in [5.41, 5.74) is 2.27. The SMILES string of the molecule is COc1ccccc1C=C(F)c1ccccc1C. The first-order chi connectivity index (χ1) is 8.72. The predicted octanol–water partition coefficient (Wildman–Crippen LogP) is 4.47. The van der Waals surface area contributed by atoms with Crippen LogP contribution in [0.1, 0.15) is 16.7 Å². The summed E-state index contributed by atoms with van der Waals surface area (Å²) < 4.78 is 19.4. The van der Waals surface area contributed by atoms with Gasteiger partial charge in [-0.3, -0.25) is 0 Å². The molecule has 0 unspecified atom stereocenters. The zero-order valence-electron chi connectivity index (χ0n) is 10.5. The quantitative estimate of drug-likeness (QED) is 0.721. The number of aryl methyl sites for hydroxylation is 1. The largest absolute Gasteiger partial charge is 0.496 e. The highest BCUT2D eigenvalue weighted by atomic mass is 19.1. The van der Waals surface area contributed by atoms with Gasteiger partial charge in [0.15, 0.2) is 0 Å². The minimum Gasteiger partial charge on any atom is -0.496 e. The van der Waals surface area contributed by atoms with Crippen molar-refractivity contribution in [2.45, 2.75) is 6.92 Å². The third-order valence-corrected chi connectivity index (χ3v) is 2.82. The van der Waals surface area contributed by atoms with Crippen LogP contribution in [0, 0.1) is 6.92 Å². The van der Waals surface area contributed by atoms with E-state index in [9.17, 15) is 4.39 Å². The Kier molecular flexibility index (Phi) is 3.78. The number of methoxy groups -OCH3 is 1. The molecule has 0 aliphatic carbocycles. The Bertz CT molecular complexity index is 573. The van der Waals surface area contributed by atoms with Crippen molar-refractivity contribution in [1.82, 2.24) is 0 Å². The summed E-state index contributed by atoms with van der Waals surface area (Å²) in [7, 11) is 1.58. The number of para-hydroxylation sites is 1. The standard InChI is InChI=1S/C16H15FO/c1-12-7-3-5-9-14(12)15(17)11-13-8-4-6-10-16(13)18-2/h3-11H,1-2H3. The molecule has 1 nitrogen and oxygen atoms in total.